The molecule has 1 fully saturated rings. The Kier molecular flexibility index (Phi) is 4.23. The van der Waals surface area contributed by atoms with E-state index in [1.165, 1.54) is 25.9 Å². The van der Waals surface area contributed by atoms with Crippen LogP contribution in [0.15, 0.2) is 23.8 Å². The van der Waals surface area contributed by atoms with E-state index in [1.807, 2.05) is 0 Å². The number of hydrogen-bond acceptors (Lipinski definition) is 1. The van der Waals surface area contributed by atoms with Crippen LogP contribution in [0, 0.1) is 5.92 Å². The molecule has 0 aliphatic carbocycles. The van der Waals surface area contributed by atoms with Crippen molar-refractivity contribution in [3.8, 4) is 0 Å². The molecule has 0 N–H and O–H groups in total. The standard InChI is InChI=1S/C12H21N/c1-4-5-6-11(2)12-7-9-13(3)10-8-12/h4-6,12H,7-10H2,1-3H3/b5-4-,11-6+. The molecule has 0 aromatic carbocycles. The predicted octanol–water partition coefficient (Wildman–Crippen LogP) is 2.85. The molecule has 1 rings (SSSR count). The zero-order valence-corrected chi connectivity index (χ0v) is 9.09. The second kappa shape index (κ2) is 5.23. The van der Waals surface area contributed by atoms with Crippen LogP contribution < -0.4 is 0 Å². The highest BCUT2D eigenvalue weighted by Gasteiger charge is 2.16. The third-order valence-electron chi connectivity index (χ3n) is 2.91. The second-order valence-electron chi connectivity index (χ2n) is 4.01. The number of likely N-dealkylation sites (tertiary alicyclic amines) is 1. The molecule has 74 valence electrons. The SMILES string of the molecule is C/C=C\C=C(/C)C1CCN(C)CC1. The zero-order valence-electron chi connectivity index (χ0n) is 9.09. The Balaban J connectivity index is 2.44. The van der Waals surface area contributed by atoms with Crippen molar-refractivity contribution in [1.82, 2.24) is 4.90 Å². The number of nitrogens with zero attached hydrogens (tertiary/aromatic N) is 1. The van der Waals surface area contributed by atoms with Crippen LogP contribution in [0.1, 0.15) is 26.7 Å². The number of allylic oxidation sites excluding steroid dienone is 4. The summed E-state index contributed by atoms with van der Waals surface area (Å²) < 4.78 is 0. The van der Waals surface area contributed by atoms with E-state index in [-0.39, 0.29) is 0 Å². The first kappa shape index (κ1) is 10.5. The Morgan fingerprint density at radius 3 is 2.46 bits per heavy atom. The molecule has 1 heteroatoms. The Bertz CT molecular complexity index is 195. The van der Waals surface area contributed by atoms with Gasteiger partial charge in [0.1, 0.15) is 0 Å². The van der Waals surface area contributed by atoms with Gasteiger partial charge < -0.3 is 4.90 Å². The molecular formula is C12H21N. The van der Waals surface area contributed by atoms with E-state index < -0.39 is 0 Å². The highest BCUT2D eigenvalue weighted by Crippen LogP contribution is 2.23. The van der Waals surface area contributed by atoms with Crippen molar-refractivity contribution in [2.24, 2.45) is 5.92 Å². The average Bonchev–Trinajstić information content (AvgIpc) is 2.15. The van der Waals surface area contributed by atoms with Gasteiger partial charge in [-0.1, -0.05) is 23.8 Å². The highest BCUT2D eigenvalue weighted by molar-refractivity contribution is 5.13. The average molecular weight is 179 g/mol. The van der Waals surface area contributed by atoms with Crippen LogP contribution in [0.2, 0.25) is 0 Å². The van der Waals surface area contributed by atoms with Gasteiger partial charge in [-0.25, -0.2) is 0 Å². The van der Waals surface area contributed by atoms with Crippen molar-refractivity contribution >= 4 is 0 Å². The van der Waals surface area contributed by atoms with Crippen LogP contribution >= 0.6 is 0 Å². The minimum Gasteiger partial charge on any atom is -0.306 e. The van der Waals surface area contributed by atoms with Crippen LogP contribution in [0.3, 0.4) is 0 Å². The molecule has 0 amide bonds. The van der Waals surface area contributed by atoms with Gasteiger partial charge in [-0.15, -0.1) is 0 Å². The first-order valence-corrected chi connectivity index (χ1v) is 5.22. The lowest BCUT2D eigenvalue weighted by Crippen LogP contribution is -2.30. The maximum atomic E-state index is 2.42. The number of hydrogen-bond donors (Lipinski definition) is 0. The summed E-state index contributed by atoms with van der Waals surface area (Å²) in [5.74, 6) is 0.826. The Morgan fingerprint density at radius 1 is 1.31 bits per heavy atom. The molecule has 13 heavy (non-hydrogen) atoms. The molecular weight excluding hydrogens is 158 g/mol. The van der Waals surface area contributed by atoms with Crippen LogP contribution in [-0.4, -0.2) is 25.0 Å². The topological polar surface area (TPSA) is 3.24 Å². The quantitative estimate of drug-likeness (QED) is 0.589. The summed E-state index contributed by atoms with van der Waals surface area (Å²) in [6.07, 6.45) is 9.16. The van der Waals surface area contributed by atoms with Gasteiger partial charge in [0.25, 0.3) is 0 Å². The van der Waals surface area contributed by atoms with E-state index in [0.717, 1.165) is 5.92 Å². The molecule has 0 saturated carbocycles. The van der Waals surface area contributed by atoms with E-state index >= 15 is 0 Å². The Labute approximate surface area is 82.1 Å². The maximum Gasteiger partial charge on any atom is -0.00161 e. The smallest absolute Gasteiger partial charge is 0.00161 e. The van der Waals surface area contributed by atoms with Crippen molar-refractivity contribution in [2.45, 2.75) is 26.7 Å². The van der Waals surface area contributed by atoms with Crippen molar-refractivity contribution in [1.29, 1.82) is 0 Å². The normalized spacial score (nSPS) is 22.8. The largest absolute Gasteiger partial charge is 0.306 e. The number of piperidine rings is 1. The molecule has 1 aliphatic heterocycles. The Morgan fingerprint density at radius 2 is 1.92 bits per heavy atom. The fraction of sp³-hybridized carbons (Fsp3) is 0.667. The lowest BCUT2D eigenvalue weighted by Gasteiger charge is -2.29. The number of rotatable bonds is 2. The summed E-state index contributed by atoms with van der Waals surface area (Å²) in [6, 6.07) is 0. The molecule has 1 nitrogen and oxygen atoms in total. The molecule has 1 aliphatic rings. The van der Waals surface area contributed by atoms with Gasteiger partial charge in [-0.05, 0) is 52.7 Å². The van der Waals surface area contributed by atoms with E-state index in [0.29, 0.717) is 0 Å². The van der Waals surface area contributed by atoms with Gasteiger partial charge in [0.15, 0.2) is 0 Å². The van der Waals surface area contributed by atoms with Crippen LogP contribution in [0.5, 0.6) is 0 Å². The molecule has 1 saturated heterocycles. The van der Waals surface area contributed by atoms with Gasteiger partial charge in [-0.2, -0.15) is 0 Å². The van der Waals surface area contributed by atoms with E-state index in [1.54, 1.807) is 5.57 Å². The van der Waals surface area contributed by atoms with Crippen LogP contribution in [0.25, 0.3) is 0 Å². The monoisotopic (exact) mass is 179 g/mol. The van der Waals surface area contributed by atoms with Crippen molar-refractivity contribution in [3.05, 3.63) is 23.8 Å². The van der Waals surface area contributed by atoms with E-state index in [4.69, 9.17) is 0 Å². The van der Waals surface area contributed by atoms with Gasteiger partial charge >= 0.3 is 0 Å². The van der Waals surface area contributed by atoms with Crippen LogP contribution in [-0.2, 0) is 0 Å². The van der Waals surface area contributed by atoms with Crippen molar-refractivity contribution in [3.63, 3.8) is 0 Å². The first-order valence-electron chi connectivity index (χ1n) is 5.22. The van der Waals surface area contributed by atoms with Gasteiger partial charge in [0.2, 0.25) is 0 Å². The molecule has 0 atom stereocenters. The lowest BCUT2D eigenvalue weighted by atomic mass is 9.90. The minimum absolute atomic E-state index is 0.826. The maximum absolute atomic E-state index is 2.42. The van der Waals surface area contributed by atoms with Gasteiger partial charge in [0, 0.05) is 0 Å². The predicted molar refractivity (Wildman–Crippen MR) is 58.8 cm³/mol. The molecule has 0 aromatic heterocycles. The summed E-state index contributed by atoms with van der Waals surface area (Å²) in [5.41, 5.74) is 1.55. The highest BCUT2D eigenvalue weighted by atomic mass is 15.1. The summed E-state index contributed by atoms with van der Waals surface area (Å²) in [5, 5.41) is 0. The second-order valence-corrected chi connectivity index (χ2v) is 4.01. The summed E-state index contributed by atoms with van der Waals surface area (Å²) in [7, 11) is 2.21. The summed E-state index contributed by atoms with van der Waals surface area (Å²) >= 11 is 0. The molecule has 0 unspecified atom stereocenters. The van der Waals surface area contributed by atoms with Gasteiger partial charge in [-0.3, -0.25) is 0 Å². The fourth-order valence-corrected chi connectivity index (χ4v) is 1.85. The molecule has 0 spiro atoms. The Hall–Kier alpha value is -0.560. The molecule has 1 heterocycles. The summed E-state index contributed by atoms with van der Waals surface area (Å²) in [6.45, 7) is 6.84. The summed E-state index contributed by atoms with van der Waals surface area (Å²) in [4.78, 5) is 2.42. The zero-order chi connectivity index (χ0) is 9.68. The first-order chi connectivity index (χ1) is 6.24. The van der Waals surface area contributed by atoms with E-state index in [9.17, 15) is 0 Å². The van der Waals surface area contributed by atoms with Crippen molar-refractivity contribution in [2.75, 3.05) is 20.1 Å². The van der Waals surface area contributed by atoms with Crippen molar-refractivity contribution < 1.29 is 0 Å². The molecule has 0 bridgehead atoms. The molecule has 0 aromatic rings. The van der Waals surface area contributed by atoms with Crippen LogP contribution in [0.4, 0.5) is 0 Å². The minimum atomic E-state index is 0.826. The van der Waals surface area contributed by atoms with Gasteiger partial charge in [0.05, 0.1) is 0 Å². The van der Waals surface area contributed by atoms with E-state index in [2.05, 4.69) is 44.0 Å². The third kappa shape index (κ3) is 3.35. The molecule has 0 radical (unpaired) electrons. The fourth-order valence-electron chi connectivity index (χ4n) is 1.85. The third-order valence-corrected chi connectivity index (χ3v) is 2.91. The lowest BCUT2D eigenvalue weighted by molar-refractivity contribution is 0.238.